The summed E-state index contributed by atoms with van der Waals surface area (Å²) in [4.78, 5) is 24.7. The summed E-state index contributed by atoms with van der Waals surface area (Å²) >= 11 is 0. The first-order valence-corrected chi connectivity index (χ1v) is 10.9. The van der Waals surface area contributed by atoms with Crippen LogP contribution in [0.5, 0.6) is 23.0 Å². The van der Waals surface area contributed by atoms with Crippen LogP contribution in [-0.2, 0) is 9.53 Å². The molecule has 0 aliphatic heterocycles. The zero-order valence-corrected chi connectivity index (χ0v) is 21.2. The van der Waals surface area contributed by atoms with Gasteiger partial charge in [-0.05, 0) is 78.0 Å². The molecule has 0 amide bonds. The number of hydrogen-bond acceptors (Lipinski definition) is 7. The second-order valence-corrected chi connectivity index (χ2v) is 9.53. The topological polar surface area (TPSA) is 80.3 Å². The van der Waals surface area contributed by atoms with Crippen molar-refractivity contribution in [3.05, 3.63) is 53.6 Å². The van der Waals surface area contributed by atoms with E-state index in [1.807, 2.05) is 20.8 Å². The summed E-state index contributed by atoms with van der Waals surface area (Å²) in [6.07, 6.45) is 3.11. The molecule has 0 saturated carbocycles. The van der Waals surface area contributed by atoms with Crippen LogP contribution >= 0.6 is 0 Å². The lowest BCUT2D eigenvalue weighted by Gasteiger charge is -2.25. The van der Waals surface area contributed by atoms with Gasteiger partial charge in [-0.25, -0.2) is 4.79 Å². The number of carbonyl (C=O) groups excluding carboxylic acids is 2. The fourth-order valence-electron chi connectivity index (χ4n) is 2.97. The van der Waals surface area contributed by atoms with Gasteiger partial charge in [0, 0.05) is 11.1 Å². The standard InChI is InChI=1S/C27H34O7/c1-26(2,3)33-23(29)17-32-20-11-9-10-19(16-20)21(28)14-12-18-13-15-22(30-7)25(31-8)24(18)34-27(4,5)6/h9-16H,17H2,1-8H3. The van der Waals surface area contributed by atoms with Crippen LogP contribution < -0.4 is 18.9 Å². The van der Waals surface area contributed by atoms with Crippen molar-refractivity contribution in [3.8, 4) is 23.0 Å². The molecule has 2 aromatic carbocycles. The number of ketones is 1. The molecule has 7 heteroatoms. The third-order valence-electron chi connectivity index (χ3n) is 4.25. The summed E-state index contributed by atoms with van der Waals surface area (Å²) in [5.41, 5.74) is -0.00983. The highest BCUT2D eigenvalue weighted by Crippen LogP contribution is 2.42. The third-order valence-corrected chi connectivity index (χ3v) is 4.25. The summed E-state index contributed by atoms with van der Waals surface area (Å²) < 4.78 is 27.7. The second kappa shape index (κ2) is 11.1. The van der Waals surface area contributed by atoms with Gasteiger partial charge in [-0.2, -0.15) is 0 Å². The predicted molar refractivity (Wildman–Crippen MR) is 131 cm³/mol. The number of rotatable bonds is 9. The molecule has 0 aliphatic rings. The lowest BCUT2D eigenvalue weighted by atomic mass is 10.1. The van der Waals surface area contributed by atoms with Crippen molar-refractivity contribution >= 4 is 17.8 Å². The van der Waals surface area contributed by atoms with E-state index in [0.29, 0.717) is 34.1 Å². The monoisotopic (exact) mass is 470 g/mol. The summed E-state index contributed by atoms with van der Waals surface area (Å²) in [7, 11) is 3.09. The molecule has 0 spiro atoms. The number of ether oxygens (including phenoxy) is 5. The van der Waals surface area contributed by atoms with Crippen LogP contribution in [0.3, 0.4) is 0 Å². The van der Waals surface area contributed by atoms with E-state index in [2.05, 4.69) is 0 Å². The number of hydrogen-bond donors (Lipinski definition) is 0. The molecule has 184 valence electrons. The number of carbonyl (C=O) groups is 2. The largest absolute Gasteiger partial charge is 0.493 e. The van der Waals surface area contributed by atoms with Crippen molar-refractivity contribution in [1.29, 1.82) is 0 Å². The summed E-state index contributed by atoms with van der Waals surface area (Å²) in [5.74, 6) is 1.13. The van der Waals surface area contributed by atoms with E-state index in [-0.39, 0.29) is 12.4 Å². The van der Waals surface area contributed by atoms with E-state index in [9.17, 15) is 9.59 Å². The van der Waals surface area contributed by atoms with Crippen LogP contribution in [0.1, 0.15) is 57.5 Å². The van der Waals surface area contributed by atoms with Crippen LogP contribution in [0.25, 0.3) is 6.08 Å². The SMILES string of the molecule is COc1ccc(C=CC(=O)c2cccc(OCC(=O)OC(C)(C)C)c2)c(OC(C)(C)C)c1OC. The third kappa shape index (κ3) is 8.14. The van der Waals surface area contributed by atoms with Gasteiger partial charge in [0.05, 0.1) is 14.2 Å². The van der Waals surface area contributed by atoms with Crippen molar-refractivity contribution in [3.63, 3.8) is 0 Å². The Morgan fingerprint density at radius 3 is 2.18 bits per heavy atom. The minimum absolute atomic E-state index is 0.237. The molecule has 2 aromatic rings. The average molecular weight is 471 g/mol. The van der Waals surface area contributed by atoms with E-state index in [1.165, 1.54) is 13.2 Å². The maximum atomic E-state index is 12.8. The molecule has 0 unspecified atom stereocenters. The molecule has 0 saturated heterocycles. The van der Waals surface area contributed by atoms with Gasteiger partial charge in [0.1, 0.15) is 17.0 Å². The Morgan fingerprint density at radius 1 is 0.882 bits per heavy atom. The molecule has 0 bridgehead atoms. The molecule has 7 nitrogen and oxygen atoms in total. The zero-order valence-electron chi connectivity index (χ0n) is 21.2. The normalized spacial score (nSPS) is 11.8. The summed E-state index contributed by atoms with van der Waals surface area (Å²) in [6.45, 7) is 10.9. The number of methoxy groups -OCH3 is 2. The van der Waals surface area contributed by atoms with E-state index in [0.717, 1.165) is 0 Å². The second-order valence-electron chi connectivity index (χ2n) is 9.53. The van der Waals surface area contributed by atoms with Gasteiger partial charge in [0.2, 0.25) is 5.75 Å². The molecular weight excluding hydrogens is 436 g/mol. The van der Waals surface area contributed by atoms with Crippen LogP contribution in [0.4, 0.5) is 0 Å². The summed E-state index contributed by atoms with van der Waals surface area (Å²) in [6, 6.07) is 10.2. The van der Waals surface area contributed by atoms with Crippen molar-refractivity contribution in [2.24, 2.45) is 0 Å². The van der Waals surface area contributed by atoms with Gasteiger partial charge >= 0.3 is 5.97 Å². The highest BCUT2D eigenvalue weighted by molar-refractivity contribution is 6.07. The minimum atomic E-state index is -0.594. The first kappa shape index (κ1) is 26.8. The highest BCUT2D eigenvalue weighted by atomic mass is 16.6. The molecule has 0 atom stereocenters. The van der Waals surface area contributed by atoms with Gasteiger partial charge in [0.15, 0.2) is 23.9 Å². The first-order chi connectivity index (χ1) is 15.8. The molecule has 2 rings (SSSR count). The van der Waals surface area contributed by atoms with Crippen LogP contribution in [0.2, 0.25) is 0 Å². The maximum absolute atomic E-state index is 12.8. The number of esters is 1. The Labute approximate surface area is 201 Å². The maximum Gasteiger partial charge on any atom is 0.344 e. The van der Waals surface area contributed by atoms with E-state index >= 15 is 0 Å². The Kier molecular flexibility index (Phi) is 8.74. The van der Waals surface area contributed by atoms with Gasteiger partial charge in [-0.3, -0.25) is 4.79 Å². The Balaban J connectivity index is 2.23. The van der Waals surface area contributed by atoms with Crippen molar-refractivity contribution in [2.45, 2.75) is 52.7 Å². The van der Waals surface area contributed by atoms with Crippen LogP contribution in [0.15, 0.2) is 42.5 Å². The van der Waals surface area contributed by atoms with E-state index in [1.54, 1.807) is 70.4 Å². The molecule has 34 heavy (non-hydrogen) atoms. The molecule has 0 aromatic heterocycles. The highest BCUT2D eigenvalue weighted by Gasteiger charge is 2.21. The number of allylic oxidation sites excluding steroid dienone is 1. The van der Waals surface area contributed by atoms with Crippen LogP contribution in [-0.4, -0.2) is 43.8 Å². The molecule has 0 fully saturated rings. The lowest BCUT2D eigenvalue weighted by Crippen LogP contribution is -2.27. The quantitative estimate of drug-likeness (QED) is 0.272. The number of benzene rings is 2. The van der Waals surface area contributed by atoms with Gasteiger partial charge in [0.25, 0.3) is 0 Å². The Hall–Kier alpha value is -3.48. The van der Waals surface area contributed by atoms with Crippen molar-refractivity contribution in [2.75, 3.05) is 20.8 Å². The van der Waals surface area contributed by atoms with Gasteiger partial charge in [-0.1, -0.05) is 12.1 Å². The molecule has 0 N–H and O–H groups in total. The average Bonchev–Trinajstić information content (AvgIpc) is 2.74. The molecular formula is C27H34O7. The van der Waals surface area contributed by atoms with Crippen molar-refractivity contribution < 1.29 is 33.3 Å². The Bertz CT molecular complexity index is 1040. The fourth-order valence-corrected chi connectivity index (χ4v) is 2.97. The predicted octanol–water partition coefficient (Wildman–Crippen LogP) is 5.50. The Morgan fingerprint density at radius 2 is 1.59 bits per heavy atom. The van der Waals surface area contributed by atoms with E-state index in [4.69, 9.17) is 23.7 Å². The molecule has 0 heterocycles. The van der Waals surface area contributed by atoms with Gasteiger partial charge in [-0.15, -0.1) is 0 Å². The van der Waals surface area contributed by atoms with E-state index < -0.39 is 17.2 Å². The minimum Gasteiger partial charge on any atom is -0.493 e. The van der Waals surface area contributed by atoms with Crippen molar-refractivity contribution in [1.82, 2.24) is 0 Å². The zero-order chi connectivity index (χ0) is 25.5. The summed E-state index contributed by atoms with van der Waals surface area (Å²) in [5, 5.41) is 0. The fraction of sp³-hybridized carbons (Fsp3) is 0.407. The first-order valence-electron chi connectivity index (χ1n) is 10.9. The lowest BCUT2D eigenvalue weighted by molar-refractivity contribution is -0.157. The molecule has 0 aliphatic carbocycles. The van der Waals surface area contributed by atoms with Crippen LogP contribution in [0, 0.1) is 0 Å². The smallest absolute Gasteiger partial charge is 0.344 e. The van der Waals surface area contributed by atoms with Gasteiger partial charge < -0.3 is 23.7 Å². The molecule has 0 radical (unpaired) electrons.